The van der Waals surface area contributed by atoms with Crippen LogP contribution < -0.4 is 10.6 Å². The molecule has 1 rings (SSSR count). The van der Waals surface area contributed by atoms with Gasteiger partial charge in [0.25, 0.3) is 5.91 Å². The standard InChI is InChI=1S/C19H33N5O/c1-6-7-12-24(5)19(20-2)22-15-16-9-8-10-17(14-16)18(25)21-11-13-23(3)4/h8-10,14H,6-7,11-13,15H2,1-5H3,(H,20,22)(H,21,25). The van der Waals surface area contributed by atoms with Crippen molar-refractivity contribution in [2.45, 2.75) is 26.3 Å². The Morgan fingerprint density at radius 3 is 2.56 bits per heavy atom. The molecule has 0 bridgehead atoms. The zero-order valence-electron chi connectivity index (χ0n) is 16.3. The maximum Gasteiger partial charge on any atom is 0.251 e. The number of unbranched alkanes of at least 4 members (excludes halogenated alkanes) is 1. The van der Waals surface area contributed by atoms with Crippen LogP contribution in [0, 0.1) is 0 Å². The first-order valence-electron chi connectivity index (χ1n) is 8.91. The highest BCUT2D eigenvalue weighted by Gasteiger charge is 2.08. The maximum absolute atomic E-state index is 12.2. The van der Waals surface area contributed by atoms with Gasteiger partial charge in [0.05, 0.1) is 0 Å². The summed E-state index contributed by atoms with van der Waals surface area (Å²) in [5, 5.41) is 6.30. The molecule has 25 heavy (non-hydrogen) atoms. The van der Waals surface area contributed by atoms with E-state index in [9.17, 15) is 4.79 Å². The van der Waals surface area contributed by atoms with E-state index in [-0.39, 0.29) is 5.91 Å². The highest BCUT2D eigenvalue weighted by atomic mass is 16.1. The molecule has 1 aromatic carbocycles. The van der Waals surface area contributed by atoms with Gasteiger partial charge in [-0.2, -0.15) is 0 Å². The Morgan fingerprint density at radius 2 is 1.92 bits per heavy atom. The Morgan fingerprint density at radius 1 is 1.16 bits per heavy atom. The second-order valence-electron chi connectivity index (χ2n) is 6.44. The van der Waals surface area contributed by atoms with Crippen molar-refractivity contribution in [3.63, 3.8) is 0 Å². The monoisotopic (exact) mass is 347 g/mol. The van der Waals surface area contributed by atoms with E-state index in [1.807, 2.05) is 50.3 Å². The molecular weight excluding hydrogens is 314 g/mol. The summed E-state index contributed by atoms with van der Waals surface area (Å²) in [4.78, 5) is 20.7. The minimum absolute atomic E-state index is 0.0341. The Bertz CT molecular complexity index is 557. The number of carbonyl (C=O) groups is 1. The van der Waals surface area contributed by atoms with Gasteiger partial charge in [-0.1, -0.05) is 25.5 Å². The Kier molecular flexibility index (Phi) is 9.62. The number of nitrogens with zero attached hydrogens (tertiary/aromatic N) is 3. The summed E-state index contributed by atoms with van der Waals surface area (Å²) >= 11 is 0. The molecule has 0 unspecified atom stereocenters. The molecule has 0 aromatic heterocycles. The second kappa shape index (κ2) is 11.5. The van der Waals surface area contributed by atoms with Gasteiger partial charge in [-0.05, 0) is 38.2 Å². The number of benzene rings is 1. The number of hydrogen-bond donors (Lipinski definition) is 2. The van der Waals surface area contributed by atoms with Crippen molar-refractivity contribution in [1.82, 2.24) is 20.4 Å². The van der Waals surface area contributed by atoms with Crippen molar-refractivity contribution in [2.75, 3.05) is 47.8 Å². The molecule has 0 aliphatic carbocycles. The first-order chi connectivity index (χ1) is 12.0. The van der Waals surface area contributed by atoms with Crippen LogP contribution in [-0.4, -0.2) is 69.5 Å². The Hall–Kier alpha value is -2.08. The van der Waals surface area contributed by atoms with Crippen LogP contribution in [0.25, 0.3) is 0 Å². The molecular formula is C19H33N5O. The molecule has 0 spiro atoms. The molecule has 6 heteroatoms. The van der Waals surface area contributed by atoms with E-state index in [4.69, 9.17) is 0 Å². The van der Waals surface area contributed by atoms with Crippen molar-refractivity contribution < 1.29 is 4.79 Å². The van der Waals surface area contributed by atoms with Gasteiger partial charge in [-0.25, -0.2) is 0 Å². The topological polar surface area (TPSA) is 60.0 Å². The number of aliphatic imine (C=N–C) groups is 1. The summed E-state index contributed by atoms with van der Waals surface area (Å²) < 4.78 is 0. The van der Waals surface area contributed by atoms with E-state index >= 15 is 0 Å². The predicted octanol–water partition coefficient (Wildman–Crippen LogP) is 1.79. The lowest BCUT2D eigenvalue weighted by atomic mass is 10.1. The third kappa shape index (κ3) is 8.03. The van der Waals surface area contributed by atoms with Gasteiger partial charge in [-0.3, -0.25) is 9.79 Å². The van der Waals surface area contributed by atoms with Gasteiger partial charge < -0.3 is 20.4 Å². The smallest absolute Gasteiger partial charge is 0.251 e. The van der Waals surface area contributed by atoms with Crippen LogP contribution in [0.4, 0.5) is 0 Å². The number of amides is 1. The number of hydrogen-bond acceptors (Lipinski definition) is 3. The molecule has 0 fully saturated rings. The van der Waals surface area contributed by atoms with Crippen molar-refractivity contribution in [3.8, 4) is 0 Å². The largest absolute Gasteiger partial charge is 0.352 e. The first-order valence-corrected chi connectivity index (χ1v) is 8.91. The summed E-state index contributed by atoms with van der Waals surface area (Å²) in [6, 6.07) is 7.71. The van der Waals surface area contributed by atoms with E-state index in [1.165, 1.54) is 0 Å². The highest BCUT2D eigenvalue weighted by Crippen LogP contribution is 2.05. The summed E-state index contributed by atoms with van der Waals surface area (Å²) in [6.45, 7) is 5.27. The van der Waals surface area contributed by atoms with Gasteiger partial charge in [0.15, 0.2) is 5.96 Å². The van der Waals surface area contributed by atoms with E-state index < -0.39 is 0 Å². The van der Waals surface area contributed by atoms with E-state index in [2.05, 4.69) is 27.4 Å². The van der Waals surface area contributed by atoms with Crippen LogP contribution in [0.15, 0.2) is 29.3 Å². The molecule has 0 heterocycles. The fraction of sp³-hybridized carbons (Fsp3) is 0.579. The number of nitrogens with one attached hydrogen (secondary N) is 2. The molecule has 0 aliphatic rings. The summed E-state index contributed by atoms with van der Waals surface area (Å²) in [6.07, 6.45) is 2.30. The minimum atomic E-state index is -0.0341. The van der Waals surface area contributed by atoms with E-state index in [0.29, 0.717) is 18.7 Å². The van der Waals surface area contributed by atoms with Crippen LogP contribution in [0.5, 0.6) is 0 Å². The zero-order valence-corrected chi connectivity index (χ0v) is 16.3. The lowest BCUT2D eigenvalue weighted by Gasteiger charge is -2.22. The van der Waals surface area contributed by atoms with E-state index in [1.54, 1.807) is 7.05 Å². The van der Waals surface area contributed by atoms with Crippen molar-refractivity contribution >= 4 is 11.9 Å². The lowest BCUT2D eigenvalue weighted by Crippen LogP contribution is -2.39. The minimum Gasteiger partial charge on any atom is -0.352 e. The van der Waals surface area contributed by atoms with Crippen molar-refractivity contribution in [2.24, 2.45) is 4.99 Å². The van der Waals surface area contributed by atoms with Crippen LogP contribution in [0.2, 0.25) is 0 Å². The average molecular weight is 348 g/mol. The number of rotatable bonds is 9. The maximum atomic E-state index is 12.2. The second-order valence-corrected chi connectivity index (χ2v) is 6.44. The van der Waals surface area contributed by atoms with Gasteiger partial charge >= 0.3 is 0 Å². The van der Waals surface area contributed by atoms with Crippen LogP contribution >= 0.6 is 0 Å². The third-order valence-electron chi connectivity index (χ3n) is 3.90. The van der Waals surface area contributed by atoms with E-state index in [0.717, 1.165) is 37.5 Å². The lowest BCUT2D eigenvalue weighted by molar-refractivity contribution is 0.0951. The number of likely N-dealkylation sites (N-methyl/N-ethyl adjacent to an activating group) is 1. The molecule has 0 aliphatic heterocycles. The highest BCUT2D eigenvalue weighted by molar-refractivity contribution is 5.94. The molecule has 0 radical (unpaired) electrons. The SMILES string of the molecule is CCCCN(C)C(=NC)NCc1cccc(C(=O)NCCN(C)C)c1. The van der Waals surface area contributed by atoms with Gasteiger partial charge in [-0.15, -0.1) is 0 Å². The molecule has 6 nitrogen and oxygen atoms in total. The third-order valence-corrected chi connectivity index (χ3v) is 3.90. The van der Waals surface area contributed by atoms with Crippen molar-refractivity contribution in [1.29, 1.82) is 0 Å². The van der Waals surface area contributed by atoms with Crippen LogP contribution in [0.3, 0.4) is 0 Å². The molecule has 0 saturated carbocycles. The normalized spacial score (nSPS) is 11.5. The Labute approximate surface area is 152 Å². The number of carbonyl (C=O) groups excluding carboxylic acids is 1. The fourth-order valence-electron chi connectivity index (χ4n) is 2.38. The Balaban J connectivity index is 2.58. The van der Waals surface area contributed by atoms with Crippen LogP contribution in [-0.2, 0) is 6.54 Å². The summed E-state index contributed by atoms with van der Waals surface area (Å²) in [7, 11) is 7.81. The van der Waals surface area contributed by atoms with Crippen molar-refractivity contribution in [3.05, 3.63) is 35.4 Å². The quantitative estimate of drug-likeness (QED) is 0.528. The zero-order chi connectivity index (χ0) is 18.7. The van der Waals surface area contributed by atoms with Gasteiger partial charge in [0.1, 0.15) is 0 Å². The summed E-state index contributed by atoms with van der Waals surface area (Å²) in [5.41, 5.74) is 1.75. The molecule has 0 atom stereocenters. The molecule has 1 amide bonds. The van der Waals surface area contributed by atoms with Crippen LogP contribution in [0.1, 0.15) is 35.7 Å². The fourth-order valence-corrected chi connectivity index (χ4v) is 2.38. The molecule has 0 saturated heterocycles. The summed E-state index contributed by atoms with van der Waals surface area (Å²) in [5.74, 6) is 0.836. The molecule has 140 valence electrons. The van der Waals surface area contributed by atoms with Gasteiger partial charge in [0.2, 0.25) is 0 Å². The first kappa shape index (κ1) is 21.0. The average Bonchev–Trinajstić information content (AvgIpc) is 2.60. The predicted molar refractivity (Wildman–Crippen MR) is 105 cm³/mol. The number of guanidine groups is 1. The van der Waals surface area contributed by atoms with Gasteiger partial charge in [0, 0.05) is 45.8 Å². The molecule has 2 N–H and O–H groups in total. The molecule has 1 aromatic rings.